The summed E-state index contributed by atoms with van der Waals surface area (Å²) in [5.41, 5.74) is 1.12. The Morgan fingerprint density at radius 2 is 1.88 bits per heavy atom. The number of nitrogens with zero attached hydrogens (tertiary/aromatic N) is 2. The zero-order chi connectivity index (χ0) is 16.5. The van der Waals surface area contributed by atoms with E-state index in [4.69, 9.17) is 4.42 Å². The standard InChI is InChI=1S/C17H22N4O2.HI/c1-21(2)17(19-11-14-7-4-3-5-8-14)20-13-16(22)18-12-15-9-6-10-23-15;/h3-10H,11-13H2,1-2H3,(H,18,22)(H,19,20);1H. The van der Waals surface area contributed by atoms with Crippen molar-refractivity contribution in [2.75, 3.05) is 20.6 Å². The van der Waals surface area contributed by atoms with Crippen molar-refractivity contribution in [1.82, 2.24) is 15.5 Å². The first-order valence-corrected chi connectivity index (χ1v) is 7.44. The molecule has 2 N–H and O–H groups in total. The first-order chi connectivity index (χ1) is 11.1. The van der Waals surface area contributed by atoms with E-state index in [1.165, 1.54) is 0 Å². The number of benzene rings is 1. The summed E-state index contributed by atoms with van der Waals surface area (Å²) in [6.07, 6.45) is 1.58. The average Bonchev–Trinajstić information content (AvgIpc) is 3.07. The number of hydrogen-bond acceptors (Lipinski definition) is 3. The second-order valence-corrected chi connectivity index (χ2v) is 5.23. The van der Waals surface area contributed by atoms with Crippen LogP contribution in [0.5, 0.6) is 0 Å². The van der Waals surface area contributed by atoms with Gasteiger partial charge >= 0.3 is 0 Å². The third-order valence-electron chi connectivity index (χ3n) is 3.12. The number of carbonyl (C=O) groups excluding carboxylic acids is 1. The summed E-state index contributed by atoms with van der Waals surface area (Å²) < 4.78 is 5.17. The molecule has 2 aromatic rings. The van der Waals surface area contributed by atoms with Gasteiger partial charge in [0, 0.05) is 14.1 Å². The Labute approximate surface area is 159 Å². The summed E-state index contributed by atoms with van der Waals surface area (Å²) in [4.78, 5) is 18.2. The van der Waals surface area contributed by atoms with Crippen molar-refractivity contribution in [2.24, 2.45) is 4.99 Å². The van der Waals surface area contributed by atoms with Gasteiger partial charge in [-0.1, -0.05) is 30.3 Å². The number of guanidine groups is 1. The van der Waals surface area contributed by atoms with Gasteiger partial charge in [-0.2, -0.15) is 0 Å². The molecule has 0 aliphatic rings. The van der Waals surface area contributed by atoms with Crippen molar-refractivity contribution in [2.45, 2.75) is 13.1 Å². The summed E-state index contributed by atoms with van der Waals surface area (Å²) in [5, 5.41) is 5.84. The van der Waals surface area contributed by atoms with Gasteiger partial charge < -0.3 is 20.0 Å². The van der Waals surface area contributed by atoms with Gasteiger partial charge in [-0.3, -0.25) is 4.79 Å². The maximum Gasteiger partial charge on any atom is 0.239 e. The molecule has 2 rings (SSSR count). The van der Waals surface area contributed by atoms with E-state index in [1.54, 1.807) is 12.3 Å². The van der Waals surface area contributed by atoms with Crippen LogP contribution < -0.4 is 10.6 Å². The lowest BCUT2D eigenvalue weighted by molar-refractivity contribution is -0.120. The molecule has 0 saturated carbocycles. The smallest absolute Gasteiger partial charge is 0.239 e. The number of aliphatic imine (C=N–C) groups is 1. The molecule has 1 aromatic carbocycles. The predicted molar refractivity (Wildman–Crippen MR) is 105 cm³/mol. The lowest BCUT2D eigenvalue weighted by Crippen LogP contribution is -2.42. The maximum absolute atomic E-state index is 11.9. The van der Waals surface area contributed by atoms with Crippen LogP contribution in [0.1, 0.15) is 11.3 Å². The Hall–Kier alpha value is -2.03. The van der Waals surface area contributed by atoms with E-state index in [-0.39, 0.29) is 36.4 Å². The van der Waals surface area contributed by atoms with E-state index >= 15 is 0 Å². The minimum absolute atomic E-state index is 0. The number of nitrogens with one attached hydrogen (secondary N) is 2. The van der Waals surface area contributed by atoms with Gasteiger partial charge in [0.15, 0.2) is 5.96 Å². The Kier molecular flexibility index (Phi) is 8.92. The van der Waals surface area contributed by atoms with Crippen LogP contribution in [0.25, 0.3) is 0 Å². The van der Waals surface area contributed by atoms with Crippen molar-refractivity contribution in [3.63, 3.8) is 0 Å². The Morgan fingerprint density at radius 1 is 1.12 bits per heavy atom. The Balaban J connectivity index is 0.00000288. The molecule has 0 saturated heterocycles. The third kappa shape index (κ3) is 7.03. The van der Waals surface area contributed by atoms with Crippen LogP contribution in [0.2, 0.25) is 0 Å². The van der Waals surface area contributed by atoms with Crippen LogP contribution in [0.15, 0.2) is 58.1 Å². The molecule has 24 heavy (non-hydrogen) atoms. The molecule has 1 aromatic heterocycles. The van der Waals surface area contributed by atoms with Gasteiger partial charge in [-0.15, -0.1) is 24.0 Å². The Bertz CT molecular complexity index is 627. The van der Waals surface area contributed by atoms with Crippen molar-refractivity contribution in [3.8, 4) is 0 Å². The number of halogens is 1. The fourth-order valence-electron chi connectivity index (χ4n) is 1.93. The molecule has 0 radical (unpaired) electrons. The van der Waals surface area contributed by atoms with Crippen LogP contribution in [0, 0.1) is 0 Å². The van der Waals surface area contributed by atoms with Crippen molar-refractivity contribution >= 4 is 35.8 Å². The fourth-order valence-corrected chi connectivity index (χ4v) is 1.93. The second kappa shape index (κ2) is 10.7. The van der Waals surface area contributed by atoms with Gasteiger partial charge in [0.2, 0.25) is 5.91 Å². The predicted octanol–water partition coefficient (Wildman–Crippen LogP) is 2.22. The first-order valence-electron chi connectivity index (χ1n) is 7.44. The quantitative estimate of drug-likeness (QED) is 0.409. The highest BCUT2D eigenvalue weighted by molar-refractivity contribution is 14.0. The van der Waals surface area contributed by atoms with Crippen molar-refractivity contribution < 1.29 is 9.21 Å². The lowest BCUT2D eigenvalue weighted by Gasteiger charge is -2.17. The van der Waals surface area contributed by atoms with E-state index in [0.29, 0.717) is 19.0 Å². The molecule has 0 unspecified atom stereocenters. The molecule has 0 aliphatic carbocycles. The minimum atomic E-state index is -0.115. The number of furan rings is 1. The molecule has 7 heteroatoms. The highest BCUT2D eigenvalue weighted by atomic mass is 127. The van der Waals surface area contributed by atoms with Crippen LogP contribution in [0.4, 0.5) is 0 Å². The molecule has 0 atom stereocenters. The highest BCUT2D eigenvalue weighted by Gasteiger charge is 2.06. The van der Waals surface area contributed by atoms with Gasteiger partial charge in [0.25, 0.3) is 0 Å². The number of rotatable bonds is 6. The summed E-state index contributed by atoms with van der Waals surface area (Å²) in [5.74, 6) is 1.28. The summed E-state index contributed by atoms with van der Waals surface area (Å²) >= 11 is 0. The molecule has 1 amide bonds. The van der Waals surface area contributed by atoms with E-state index < -0.39 is 0 Å². The van der Waals surface area contributed by atoms with E-state index in [0.717, 1.165) is 11.3 Å². The minimum Gasteiger partial charge on any atom is -0.467 e. The molecule has 0 fully saturated rings. The van der Waals surface area contributed by atoms with Gasteiger partial charge in [-0.05, 0) is 17.7 Å². The third-order valence-corrected chi connectivity index (χ3v) is 3.12. The zero-order valence-corrected chi connectivity index (χ0v) is 16.2. The van der Waals surface area contributed by atoms with E-state index in [9.17, 15) is 4.79 Å². The molecular weight excluding hydrogens is 419 g/mol. The number of carbonyl (C=O) groups is 1. The molecule has 0 spiro atoms. The van der Waals surface area contributed by atoms with Crippen LogP contribution >= 0.6 is 24.0 Å². The largest absolute Gasteiger partial charge is 0.467 e. The normalized spacial score (nSPS) is 10.7. The van der Waals surface area contributed by atoms with Crippen molar-refractivity contribution in [1.29, 1.82) is 0 Å². The topological polar surface area (TPSA) is 69.9 Å². The van der Waals surface area contributed by atoms with Gasteiger partial charge in [0.05, 0.1) is 25.9 Å². The monoisotopic (exact) mass is 442 g/mol. The van der Waals surface area contributed by atoms with Crippen LogP contribution in [0.3, 0.4) is 0 Å². The number of amides is 1. The molecule has 1 heterocycles. The average molecular weight is 442 g/mol. The summed E-state index contributed by atoms with van der Waals surface area (Å²) in [6, 6.07) is 13.6. The summed E-state index contributed by atoms with van der Waals surface area (Å²) in [7, 11) is 3.77. The Morgan fingerprint density at radius 3 is 2.50 bits per heavy atom. The fraction of sp³-hybridized carbons (Fsp3) is 0.294. The lowest BCUT2D eigenvalue weighted by atomic mass is 10.2. The molecule has 0 bridgehead atoms. The van der Waals surface area contributed by atoms with Gasteiger partial charge in [0.1, 0.15) is 5.76 Å². The summed E-state index contributed by atoms with van der Waals surface area (Å²) in [6.45, 7) is 1.11. The maximum atomic E-state index is 11.9. The van der Waals surface area contributed by atoms with Crippen LogP contribution in [-0.2, 0) is 17.9 Å². The van der Waals surface area contributed by atoms with Gasteiger partial charge in [-0.25, -0.2) is 4.99 Å². The molecule has 130 valence electrons. The molecule has 0 aliphatic heterocycles. The second-order valence-electron chi connectivity index (χ2n) is 5.23. The first kappa shape index (κ1) is 20.0. The van der Waals surface area contributed by atoms with E-state index in [2.05, 4.69) is 15.6 Å². The zero-order valence-electron chi connectivity index (χ0n) is 13.9. The van der Waals surface area contributed by atoms with E-state index in [1.807, 2.05) is 55.4 Å². The van der Waals surface area contributed by atoms with Crippen LogP contribution in [-0.4, -0.2) is 37.4 Å². The molecule has 6 nitrogen and oxygen atoms in total. The highest BCUT2D eigenvalue weighted by Crippen LogP contribution is 2.00. The SMILES string of the molecule is CN(C)C(=NCc1ccccc1)NCC(=O)NCc1ccco1.I. The van der Waals surface area contributed by atoms with Crippen molar-refractivity contribution in [3.05, 3.63) is 60.1 Å². The molecular formula is C17H23IN4O2. The number of hydrogen-bond donors (Lipinski definition) is 2.